The minimum atomic E-state index is -0.602. The molecule has 3 rings (SSSR count). The number of esters is 1. The van der Waals surface area contributed by atoms with Gasteiger partial charge in [-0.25, -0.2) is 4.98 Å². The molecule has 1 aliphatic heterocycles. The smallest absolute Gasteiger partial charge is 0.326 e. The van der Waals surface area contributed by atoms with Crippen LogP contribution in [0.25, 0.3) is 11.9 Å². The molecule has 0 N–H and O–H groups in total. The summed E-state index contributed by atoms with van der Waals surface area (Å²) in [6.45, 7) is 7.39. The third-order valence-corrected chi connectivity index (χ3v) is 5.26. The lowest BCUT2D eigenvalue weighted by molar-refractivity contribution is -0.145. The maximum Gasteiger partial charge on any atom is 0.326 e. The van der Waals surface area contributed by atoms with Gasteiger partial charge in [-0.15, -0.1) is 0 Å². The average Bonchev–Trinajstić information content (AvgIpc) is 3.05. The number of nitrogens with zero attached hydrogens (tertiary/aromatic N) is 3. The van der Waals surface area contributed by atoms with Crippen LogP contribution in [0, 0.1) is 20.8 Å². The van der Waals surface area contributed by atoms with Crippen molar-refractivity contribution < 1.29 is 19.1 Å². The van der Waals surface area contributed by atoms with Crippen LogP contribution >= 0.6 is 11.8 Å². The van der Waals surface area contributed by atoms with Crippen molar-refractivity contribution in [3.05, 3.63) is 51.8 Å². The van der Waals surface area contributed by atoms with Gasteiger partial charge in [0.2, 0.25) is 0 Å². The number of aromatic nitrogens is 2. The van der Waals surface area contributed by atoms with Gasteiger partial charge < -0.3 is 9.30 Å². The van der Waals surface area contributed by atoms with E-state index in [1.54, 1.807) is 19.2 Å². The summed E-state index contributed by atoms with van der Waals surface area (Å²) in [5.74, 6) is -0.290. The summed E-state index contributed by atoms with van der Waals surface area (Å²) in [4.78, 5) is 42.0. The Balaban J connectivity index is 1.90. The lowest BCUT2D eigenvalue weighted by atomic mass is 10.2. The zero-order chi connectivity index (χ0) is 20.4. The summed E-state index contributed by atoms with van der Waals surface area (Å²) in [5, 5.41) is -0.474. The fraction of sp³-hybridized carbons (Fsp3) is 0.300. The molecule has 2 aromatic rings. The first-order valence-electron chi connectivity index (χ1n) is 8.84. The number of aryl methyl sites for hydroxylation is 2. The normalized spacial score (nSPS) is 15.6. The number of thioether (sulfide) groups is 1. The monoisotopic (exact) mass is 399 g/mol. The van der Waals surface area contributed by atoms with Gasteiger partial charge in [0.15, 0.2) is 0 Å². The fourth-order valence-electron chi connectivity index (χ4n) is 3.04. The van der Waals surface area contributed by atoms with E-state index in [1.165, 1.54) is 0 Å². The molecule has 0 bridgehead atoms. The van der Waals surface area contributed by atoms with Gasteiger partial charge in [0.05, 0.1) is 11.5 Å². The summed E-state index contributed by atoms with van der Waals surface area (Å²) in [7, 11) is 0. The van der Waals surface area contributed by atoms with E-state index in [9.17, 15) is 14.4 Å². The maximum atomic E-state index is 12.6. The molecule has 0 unspecified atom stereocenters. The molecule has 7 nitrogen and oxygen atoms in total. The topological polar surface area (TPSA) is 81.5 Å². The van der Waals surface area contributed by atoms with E-state index in [-0.39, 0.29) is 18.1 Å². The predicted molar refractivity (Wildman–Crippen MR) is 107 cm³/mol. The molecule has 0 radical (unpaired) electrons. The number of hydrogen-bond acceptors (Lipinski definition) is 6. The first-order valence-corrected chi connectivity index (χ1v) is 9.66. The van der Waals surface area contributed by atoms with Crippen LogP contribution in [0.2, 0.25) is 0 Å². The third kappa shape index (κ3) is 3.87. The van der Waals surface area contributed by atoms with Crippen LogP contribution in [0.15, 0.2) is 29.3 Å². The Hall–Kier alpha value is -2.87. The quantitative estimate of drug-likeness (QED) is 0.566. The minimum Gasteiger partial charge on any atom is -0.465 e. The molecular formula is C20H21N3O4S. The molecule has 0 atom stereocenters. The standard InChI is InChI=1S/C20H21N3O4S/c1-5-27-18(24)11-22-19(25)16(28-20(22)26)10-15-9-13(3)23(14(15)4)17-8-12(2)6-7-21-17/h6-10H,5,11H2,1-4H3/b16-10-. The number of carbonyl (C=O) groups is 3. The molecule has 0 saturated carbocycles. The van der Waals surface area contributed by atoms with Crippen molar-refractivity contribution in [2.45, 2.75) is 27.7 Å². The Morgan fingerprint density at radius 3 is 2.68 bits per heavy atom. The van der Waals surface area contributed by atoms with Gasteiger partial charge in [-0.05, 0) is 74.9 Å². The van der Waals surface area contributed by atoms with Gasteiger partial charge in [0, 0.05) is 17.6 Å². The number of pyridine rings is 1. The van der Waals surface area contributed by atoms with Crippen molar-refractivity contribution >= 4 is 35.0 Å². The molecule has 8 heteroatoms. The summed E-state index contributed by atoms with van der Waals surface area (Å²) in [5.41, 5.74) is 3.79. The Morgan fingerprint density at radius 1 is 1.25 bits per heavy atom. The molecule has 2 aromatic heterocycles. The van der Waals surface area contributed by atoms with E-state index >= 15 is 0 Å². The van der Waals surface area contributed by atoms with Crippen molar-refractivity contribution in [2.75, 3.05) is 13.2 Å². The van der Waals surface area contributed by atoms with Crippen LogP contribution < -0.4 is 0 Å². The molecule has 0 aliphatic carbocycles. The highest BCUT2D eigenvalue weighted by atomic mass is 32.2. The molecule has 2 amide bonds. The van der Waals surface area contributed by atoms with E-state index in [0.717, 1.165) is 45.0 Å². The molecular weight excluding hydrogens is 378 g/mol. The molecule has 146 valence electrons. The number of carbonyl (C=O) groups excluding carboxylic acids is 3. The molecule has 1 aliphatic rings. The fourth-order valence-corrected chi connectivity index (χ4v) is 3.87. The Bertz CT molecular complexity index is 993. The van der Waals surface area contributed by atoms with Crippen molar-refractivity contribution in [3.63, 3.8) is 0 Å². The van der Waals surface area contributed by atoms with E-state index in [4.69, 9.17) is 4.74 Å². The van der Waals surface area contributed by atoms with Crippen LogP contribution in [0.4, 0.5) is 4.79 Å². The van der Waals surface area contributed by atoms with E-state index in [0.29, 0.717) is 0 Å². The Kier molecular flexibility index (Phi) is 5.69. The molecule has 0 aromatic carbocycles. The van der Waals surface area contributed by atoms with Gasteiger partial charge in [0.25, 0.3) is 11.1 Å². The van der Waals surface area contributed by atoms with Crippen molar-refractivity contribution in [3.8, 4) is 5.82 Å². The van der Waals surface area contributed by atoms with Gasteiger partial charge in [-0.3, -0.25) is 19.3 Å². The second kappa shape index (κ2) is 8.02. The number of imide groups is 1. The summed E-state index contributed by atoms with van der Waals surface area (Å²) >= 11 is 0.825. The Morgan fingerprint density at radius 2 is 2.00 bits per heavy atom. The van der Waals surface area contributed by atoms with Crippen molar-refractivity contribution in [2.24, 2.45) is 0 Å². The van der Waals surface area contributed by atoms with E-state index in [1.807, 2.05) is 43.5 Å². The van der Waals surface area contributed by atoms with Crippen LogP contribution in [0.5, 0.6) is 0 Å². The molecule has 1 saturated heterocycles. The highest BCUT2D eigenvalue weighted by Gasteiger charge is 2.36. The van der Waals surface area contributed by atoms with Crippen LogP contribution in [-0.2, 0) is 14.3 Å². The van der Waals surface area contributed by atoms with Gasteiger partial charge in [0.1, 0.15) is 12.4 Å². The number of ether oxygens (including phenoxy) is 1. The maximum absolute atomic E-state index is 12.6. The summed E-state index contributed by atoms with van der Waals surface area (Å²) in [6, 6.07) is 5.85. The van der Waals surface area contributed by atoms with E-state index in [2.05, 4.69) is 4.98 Å². The molecule has 0 spiro atoms. The summed E-state index contributed by atoms with van der Waals surface area (Å²) in [6.07, 6.45) is 3.44. The van der Waals surface area contributed by atoms with Gasteiger partial charge >= 0.3 is 5.97 Å². The largest absolute Gasteiger partial charge is 0.465 e. The van der Waals surface area contributed by atoms with Crippen LogP contribution in [0.3, 0.4) is 0 Å². The minimum absolute atomic E-state index is 0.198. The Labute approximate surface area is 167 Å². The first-order chi connectivity index (χ1) is 13.3. The lowest BCUT2D eigenvalue weighted by Crippen LogP contribution is -2.34. The number of rotatable bonds is 5. The van der Waals surface area contributed by atoms with Crippen molar-refractivity contribution in [1.29, 1.82) is 0 Å². The summed E-state index contributed by atoms with van der Waals surface area (Å²) < 4.78 is 6.83. The zero-order valence-electron chi connectivity index (χ0n) is 16.2. The highest BCUT2D eigenvalue weighted by Crippen LogP contribution is 2.33. The van der Waals surface area contributed by atoms with Gasteiger partial charge in [-0.1, -0.05) is 0 Å². The van der Waals surface area contributed by atoms with E-state index < -0.39 is 17.1 Å². The van der Waals surface area contributed by atoms with Crippen LogP contribution in [0.1, 0.15) is 29.4 Å². The molecule has 28 heavy (non-hydrogen) atoms. The SMILES string of the molecule is CCOC(=O)CN1C(=O)S/C(=C\c2cc(C)n(-c3cc(C)ccn3)c2C)C1=O. The zero-order valence-corrected chi connectivity index (χ0v) is 17.0. The third-order valence-electron chi connectivity index (χ3n) is 4.35. The van der Waals surface area contributed by atoms with Crippen LogP contribution in [-0.4, -0.2) is 44.7 Å². The predicted octanol–water partition coefficient (Wildman–Crippen LogP) is 3.40. The molecule has 1 fully saturated rings. The highest BCUT2D eigenvalue weighted by molar-refractivity contribution is 8.18. The second-order valence-electron chi connectivity index (χ2n) is 6.43. The number of amides is 2. The lowest BCUT2D eigenvalue weighted by Gasteiger charge is -2.10. The van der Waals surface area contributed by atoms with Gasteiger partial charge in [-0.2, -0.15) is 0 Å². The number of hydrogen-bond donors (Lipinski definition) is 0. The van der Waals surface area contributed by atoms with Crippen molar-refractivity contribution in [1.82, 2.24) is 14.5 Å². The second-order valence-corrected chi connectivity index (χ2v) is 7.42. The first kappa shape index (κ1) is 19.9. The average molecular weight is 399 g/mol. The molecule has 3 heterocycles.